The summed E-state index contributed by atoms with van der Waals surface area (Å²) in [6.07, 6.45) is 2.96. The normalized spacial score (nSPS) is 12.1. The number of pyridine rings is 1. The zero-order chi connectivity index (χ0) is 9.84. The fourth-order valence-corrected chi connectivity index (χ4v) is 0.907. The van der Waals surface area contributed by atoms with Gasteiger partial charge in [0, 0.05) is 12.2 Å². The van der Waals surface area contributed by atoms with Crippen LogP contribution in [0.2, 0.25) is 0 Å². The fraction of sp³-hybridized carbons (Fsp3) is 0.111. The number of rotatable bonds is 3. The highest BCUT2D eigenvalue weighted by Gasteiger charge is 2.07. The lowest BCUT2D eigenvalue weighted by molar-refractivity contribution is 0.0690. The van der Waals surface area contributed by atoms with Crippen LogP contribution in [0.5, 0.6) is 0 Å². The van der Waals surface area contributed by atoms with E-state index in [0.29, 0.717) is 5.56 Å². The molecule has 68 valence electrons. The topological polar surface area (TPSA) is 76.2 Å². The highest BCUT2D eigenvalue weighted by Crippen LogP contribution is 2.10. The third-order valence-electron chi connectivity index (χ3n) is 1.64. The van der Waals surface area contributed by atoms with E-state index in [4.69, 9.17) is 10.8 Å². The monoisotopic (exact) mass is 178 g/mol. The molecule has 1 aromatic rings. The van der Waals surface area contributed by atoms with Crippen LogP contribution in [0.15, 0.2) is 31.0 Å². The summed E-state index contributed by atoms with van der Waals surface area (Å²) in [5.74, 6) is -1.06. The maximum absolute atomic E-state index is 10.5. The van der Waals surface area contributed by atoms with E-state index in [1.165, 1.54) is 12.3 Å². The molecule has 0 aliphatic heterocycles. The number of carbonyl (C=O) groups is 1. The highest BCUT2D eigenvalue weighted by atomic mass is 16.4. The largest absolute Gasteiger partial charge is 0.477 e. The van der Waals surface area contributed by atoms with Gasteiger partial charge in [0.1, 0.15) is 5.69 Å². The first-order valence-corrected chi connectivity index (χ1v) is 3.72. The minimum absolute atomic E-state index is 0.00481. The first-order valence-electron chi connectivity index (χ1n) is 3.72. The van der Waals surface area contributed by atoms with Crippen LogP contribution >= 0.6 is 0 Å². The second-order valence-corrected chi connectivity index (χ2v) is 2.54. The molecule has 1 rings (SSSR count). The van der Waals surface area contributed by atoms with Crippen molar-refractivity contribution in [3.63, 3.8) is 0 Å². The Morgan fingerprint density at radius 2 is 2.46 bits per heavy atom. The van der Waals surface area contributed by atoms with Gasteiger partial charge in [0.25, 0.3) is 0 Å². The van der Waals surface area contributed by atoms with E-state index >= 15 is 0 Å². The third kappa shape index (κ3) is 2.13. The predicted octanol–water partition coefficient (Wildman–Crippen LogP) is 0.966. The van der Waals surface area contributed by atoms with Gasteiger partial charge in [-0.3, -0.25) is 0 Å². The van der Waals surface area contributed by atoms with Crippen LogP contribution in [0.25, 0.3) is 0 Å². The Labute approximate surface area is 75.7 Å². The second-order valence-electron chi connectivity index (χ2n) is 2.54. The molecule has 0 saturated carbocycles. The number of aromatic carboxylic acids is 1. The molecule has 3 N–H and O–H groups in total. The standard InChI is InChI=1S/C9H10N2O2/c1-2-7(10)6-3-4-11-8(5-6)9(12)13/h2-5,7H,1,10H2,(H,12,13)/t7-/m1/s1. The van der Waals surface area contributed by atoms with Crippen molar-refractivity contribution in [2.45, 2.75) is 6.04 Å². The van der Waals surface area contributed by atoms with Gasteiger partial charge in [-0.1, -0.05) is 6.08 Å². The van der Waals surface area contributed by atoms with Crippen LogP contribution in [0, 0.1) is 0 Å². The minimum atomic E-state index is -1.06. The molecule has 0 amide bonds. The summed E-state index contributed by atoms with van der Waals surface area (Å²) in [4.78, 5) is 14.2. The van der Waals surface area contributed by atoms with Gasteiger partial charge in [0.05, 0.1) is 0 Å². The van der Waals surface area contributed by atoms with Gasteiger partial charge in [0.15, 0.2) is 0 Å². The number of hydrogen-bond donors (Lipinski definition) is 2. The quantitative estimate of drug-likeness (QED) is 0.676. The molecule has 0 fully saturated rings. The molecule has 0 saturated heterocycles. The summed E-state index contributed by atoms with van der Waals surface area (Å²) in [7, 11) is 0. The van der Waals surface area contributed by atoms with E-state index in [0.717, 1.165) is 0 Å². The van der Waals surface area contributed by atoms with E-state index in [1.54, 1.807) is 12.1 Å². The van der Waals surface area contributed by atoms with Gasteiger partial charge in [-0.05, 0) is 17.7 Å². The molecule has 0 radical (unpaired) electrons. The zero-order valence-corrected chi connectivity index (χ0v) is 6.97. The number of nitrogens with two attached hydrogens (primary N) is 1. The lowest BCUT2D eigenvalue weighted by Gasteiger charge is -2.05. The summed E-state index contributed by atoms with van der Waals surface area (Å²) in [5.41, 5.74) is 6.32. The van der Waals surface area contributed by atoms with Crippen molar-refractivity contribution in [3.05, 3.63) is 42.2 Å². The molecular weight excluding hydrogens is 168 g/mol. The predicted molar refractivity (Wildman–Crippen MR) is 48.3 cm³/mol. The Hall–Kier alpha value is -1.68. The molecule has 0 unspecified atom stereocenters. The van der Waals surface area contributed by atoms with Gasteiger partial charge >= 0.3 is 5.97 Å². The second kappa shape index (κ2) is 3.82. The molecule has 0 spiro atoms. The molecule has 1 aromatic heterocycles. The van der Waals surface area contributed by atoms with Gasteiger partial charge < -0.3 is 10.8 Å². The molecule has 13 heavy (non-hydrogen) atoms. The molecule has 1 heterocycles. The molecular formula is C9H10N2O2. The molecule has 1 atom stereocenters. The van der Waals surface area contributed by atoms with Gasteiger partial charge in [-0.15, -0.1) is 6.58 Å². The average molecular weight is 178 g/mol. The molecule has 0 aliphatic rings. The molecule has 0 aromatic carbocycles. The first kappa shape index (κ1) is 9.41. The van der Waals surface area contributed by atoms with Crippen LogP contribution < -0.4 is 5.73 Å². The fourth-order valence-electron chi connectivity index (χ4n) is 0.907. The number of aromatic nitrogens is 1. The Kier molecular flexibility index (Phi) is 2.76. The first-order chi connectivity index (χ1) is 6.15. The number of carboxylic acids is 1. The number of nitrogens with zero attached hydrogens (tertiary/aromatic N) is 1. The maximum Gasteiger partial charge on any atom is 0.354 e. The number of hydrogen-bond acceptors (Lipinski definition) is 3. The van der Waals surface area contributed by atoms with E-state index in [1.807, 2.05) is 0 Å². The third-order valence-corrected chi connectivity index (χ3v) is 1.64. The molecule has 0 bridgehead atoms. The van der Waals surface area contributed by atoms with Gasteiger partial charge in [0.2, 0.25) is 0 Å². The molecule has 4 heteroatoms. The van der Waals surface area contributed by atoms with E-state index in [9.17, 15) is 4.79 Å². The SMILES string of the molecule is C=C[C@@H](N)c1ccnc(C(=O)O)c1. The van der Waals surface area contributed by atoms with E-state index in [2.05, 4.69) is 11.6 Å². The van der Waals surface area contributed by atoms with Crippen molar-refractivity contribution in [2.75, 3.05) is 0 Å². The van der Waals surface area contributed by atoms with Gasteiger partial charge in [-0.2, -0.15) is 0 Å². The lowest BCUT2D eigenvalue weighted by atomic mass is 10.1. The smallest absolute Gasteiger partial charge is 0.354 e. The Morgan fingerprint density at radius 1 is 1.77 bits per heavy atom. The Morgan fingerprint density at radius 3 is 3.00 bits per heavy atom. The van der Waals surface area contributed by atoms with Crippen molar-refractivity contribution < 1.29 is 9.90 Å². The van der Waals surface area contributed by atoms with Crippen LogP contribution in [-0.2, 0) is 0 Å². The van der Waals surface area contributed by atoms with Crippen LogP contribution in [0.4, 0.5) is 0 Å². The van der Waals surface area contributed by atoms with Crippen LogP contribution in [-0.4, -0.2) is 16.1 Å². The van der Waals surface area contributed by atoms with Crippen molar-refractivity contribution in [1.82, 2.24) is 4.98 Å². The van der Waals surface area contributed by atoms with E-state index in [-0.39, 0.29) is 11.7 Å². The van der Waals surface area contributed by atoms with Gasteiger partial charge in [-0.25, -0.2) is 9.78 Å². The van der Waals surface area contributed by atoms with Crippen molar-refractivity contribution >= 4 is 5.97 Å². The zero-order valence-electron chi connectivity index (χ0n) is 6.97. The summed E-state index contributed by atoms with van der Waals surface area (Å²) in [6.45, 7) is 3.52. The Balaban J connectivity index is 3.04. The summed E-state index contributed by atoms with van der Waals surface area (Å²) in [5, 5.41) is 8.63. The minimum Gasteiger partial charge on any atom is -0.477 e. The van der Waals surface area contributed by atoms with E-state index < -0.39 is 5.97 Å². The van der Waals surface area contributed by atoms with Crippen LogP contribution in [0.3, 0.4) is 0 Å². The summed E-state index contributed by atoms with van der Waals surface area (Å²) in [6, 6.07) is 2.76. The maximum atomic E-state index is 10.5. The number of carboxylic acid groups (broad SMARTS) is 1. The highest BCUT2D eigenvalue weighted by molar-refractivity contribution is 5.85. The Bertz CT molecular complexity index is 336. The van der Waals surface area contributed by atoms with Crippen molar-refractivity contribution in [2.24, 2.45) is 5.73 Å². The van der Waals surface area contributed by atoms with Crippen molar-refractivity contribution in [1.29, 1.82) is 0 Å². The summed E-state index contributed by atoms with van der Waals surface area (Å²) < 4.78 is 0. The molecule has 0 aliphatic carbocycles. The molecule has 4 nitrogen and oxygen atoms in total. The van der Waals surface area contributed by atoms with Crippen molar-refractivity contribution in [3.8, 4) is 0 Å². The van der Waals surface area contributed by atoms with Crippen LogP contribution in [0.1, 0.15) is 22.1 Å². The lowest BCUT2D eigenvalue weighted by Crippen LogP contribution is -2.09. The summed E-state index contributed by atoms with van der Waals surface area (Å²) >= 11 is 0. The average Bonchev–Trinajstić information content (AvgIpc) is 2.17.